The first-order chi connectivity index (χ1) is 7.59. The molecule has 0 atom stereocenters. The zero-order chi connectivity index (χ0) is 13.4. The number of halogens is 7. The number of hydrogen-bond acceptors (Lipinski definition) is 1. The van der Waals surface area contributed by atoms with Crippen LogP contribution in [-0.2, 0) is 18.9 Å². The molecule has 2 N–H and O–H groups in total. The molecule has 0 aliphatic heterocycles. The second-order valence-corrected chi connectivity index (χ2v) is 4.00. The summed E-state index contributed by atoms with van der Waals surface area (Å²) in [5.74, 6) is 0. The molecule has 0 saturated carbocycles. The van der Waals surface area contributed by atoms with E-state index in [0.717, 1.165) is 0 Å². The first-order valence-electron chi connectivity index (χ1n) is 4.25. The molecule has 0 aromatic heterocycles. The van der Waals surface area contributed by atoms with Crippen LogP contribution in [0.2, 0.25) is 0 Å². The minimum Gasteiger partial charge on any atom is -0.326 e. The quantitative estimate of drug-likeness (QED) is 0.779. The molecule has 1 rings (SSSR count). The van der Waals surface area contributed by atoms with Gasteiger partial charge in [0.2, 0.25) is 0 Å². The molecule has 0 radical (unpaired) electrons. The van der Waals surface area contributed by atoms with E-state index in [1.807, 2.05) is 0 Å². The first kappa shape index (κ1) is 14.3. The van der Waals surface area contributed by atoms with Gasteiger partial charge >= 0.3 is 12.4 Å². The maximum atomic E-state index is 12.6. The summed E-state index contributed by atoms with van der Waals surface area (Å²) < 4.78 is 74.9. The van der Waals surface area contributed by atoms with Crippen LogP contribution in [0.5, 0.6) is 0 Å². The third-order valence-electron chi connectivity index (χ3n) is 2.06. The van der Waals surface area contributed by atoms with Gasteiger partial charge in [0.25, 0.3) is 0 Å². The third-order valence-corrected chi connectivity index (χ3v) is 2.72. The first-order valence-corrected chi connectivity index (χ1v) is 5.04. The van der Waals surface area contributed by atoms with E-state index in [0.29, 0.717) is 12.1 Å². The molecule has 17 heavy (non-hydrogen) atoms. The summed E-state index contributed by atoms with van der Waals surface area (Å²) in [4.78, 5) is 0. The molecule has 1 aromatic rings. The Hall–Kier alpha value is -0.760. The summed E-state index contributed by atoms with van der Waals surface area (Å²) in [6, 6.07) is 1.28. The molecule has 1 aromatic carbocycles. The molecule has 0 spiro atoms. The van der Waals surface area contributed by atoms with Gasteiger partial charge in [-0.2, -0.15) is 26.3 Å². The number of rotatable bonds is 1. The van der Waals surface area contributed by atoms with Crippen LogP contribution < -0.4 is 5.73 Å². The maximum absolute atomic E-state index is 12.6. The van der Waals surface area contributed by atoms with Gasteiger partial charge in [0.15, 0.2) is 0 Å². The fourth-order valence-electron chi connectivity index (χ4n) is 1.40. The predicted octanol–water partition coefficient (Wildman–Crippen LogP) is 3.95. The fraction of sp³-hybridized carbons (Fsp3) is 0.333. The summed E-state index contributed by atoms with van der Waals surface area (Å²) in [6.45, 7) is -0.844. The Labute approximate surface area is 101 Å². The van der Waals surface area contributed by atoms with Gasteiger partial charge in [-0.05, 0) is 17.7 Å². The van der Waals surface area contributed by atoms with Crippen molar-refractivity contribution in [2.24, 2.45) is 5.73 Å². The molecule has 1 nitrogen and oxygen atoms in total. The summed E-state index contributed by atoms with van der Waals surface area (Å²) in [5, 5.41) is 0. The Balaban J connectivity index is 3.60. The van der Waals surface area contributed by atoms with Crippen molar-refractivity contribution in [3.05, 3.63) is 33.3 Å². The van der Waals surface area contributed by atoms with Crippen LogP contribution in [0.25, 0.3) is 0 Å². The number of nitrogens with two attached hydrogens (primary N) is 1. The number of hydrogen-bond donors (Lipinski definition) is 1. The van der Waals surface area contributed by atoms with Crippen LogP contribution in [0.15, 0.2) is 16.6 Å². The van der Waals surface area contributed by atoms with Gasteiger partial charge in [-0.3, -0.25) is 0 Å². The van der Waals surface area contributed by atoms with E-state index < -0.39 is 40.1 Å². The average molecular weight is 322 g/mol. The van der Waals surface area contributed by atoms with E-state index >= 15 is 0 Å². The summed E-state index contributed by atoms with van der Waals surface area (Å²) in [7, 11) is 0. The Morgan fingerprint density at radius 1 is 1.00 bits per heavy atom. The van der Waals surface area contributed by atoms with Crippen molar-refractivity contribution in [1.82, 2.24) is 0 Å². The summed E-state index contributed by atoms with van der Waals surface area (Å²) >= 11 is 2.58. The van der Waals surface area contributed by atoms with E-state index in [1.54, 1.807) is 0 Å². The fourth-order valence-corrected chi connectivity index (χ4v) is 2.00. The van der Waals surface area contributed by atoms with E-state index in [4.69, 9.17) is 5.73 Å². The number of benzene rings is 1. The smallest absolute Gasteiger partial charge is 0.326 e. The molecular formula is C9H6BrF6N. The van der Waals surface area contributed by atoms with Crippen LogP contribution in [0.1, 0.15) is 16.7 Å². The second kappa shape index (κ2) is 4.49. The van der Waals surface area contributed by atoms with Crippen molar-refractivity contribution in [2.45, 2.75) is 18.9 Å². The molecular weight excluding hydrogens is 316 g/mol. The van der Waals surface area contributed by atoms with Crippen molar-refractivity contribution in [2.75, 3.05) is 0 Å². The normalized spacial score (nSPS) is 12.9. The lowest BCUT2D eigenvalue weighted by Gasteiger charge is -2.18. The second-order valence-electron chi connectivity index (χ2n) is 3.15. The zero-order valence-corrected chi connectivity index (χ0v) is 9.67. The largest absolute Gasteiger partial charge is 0.417 e. The van der Waals surface area contributed by atoms with E-state index in [9.17, 15) is 26.3 Å². The number of alkyl halides is 6. The molecule has 0 aliphatic rings. The Morgan fingerprint density at radius 3 is 1.88 bits per heavy atom. The van der Waals surface area contributed by atoms with Crippen molar-refractivity contribution >= 4 is 15.9 Å². The van der Waals surface area contributed by atoms with Gasteiger partial charge < -0.3 is 5.73 Å². The minimum atomic E-state index is -4.89. The molecule has 0 aliphatic carbocycles. The predicted molar refractivity (Wildman–Crippen MR) is 52.0 cm³/mol. The highest BCUT2D eigenvalue weighted by Crippen LogP contribution is 2.42. The zero-order valence-electron chi connectivity index (χ0n) is 8.08. The van der Waals surface area contributed by atoms with E-state index in [2.05, 4.69) is 15.9 Å². The van der Waals surface area contributed by atoms with Gasteiger partial charge in [0.1, 0.15) is 0 Å². The van der Waals surface area contributed by atoms with Gasteiger partial charge in [0, 0.05) is 11.0 Å². The Bertz CT molecular complexity index is 423. The molecule has 0 fully saturated rings. The van der Waals surface area contributed by atoms with Gasteiger partial charge in [0.05, 0.1) is 11.1 Å². The lowest BCUT2D eigenvalue weighted by molar-refractivity contribution is -0.144. The molecule has 0 saturated heterocycles. The molecule has 8 heteroatoms. The topological polar surface area (TPSA) is 26.0 Å². The lowest BCUT2D eigenvalue weighted by Crippen LogP contribution is -2.19. The summed E-state index contributed by atoms with van der Waals surface area (Å²) in [6.07, 6.45) is -9.76. The van der Waals surface area contributed by atoms with Crippen molar-refractivity contribution < 1.29 is 26.3 Å². The average Bonchev–Trinajstić information content (AvgIpc) is 2.12. The van der Waals surface area contributed by atoms with Crippen LogP contribution in [-0.4, -0.2) is 0 Å². The minimum absolute atomic E-state index is 0.460. The molecule has 0 bridgehead atoms. The lowest BCUT2D eigenvalue weighted by atomic mass is 10.00. The Kier molecular flexibility index (Phi) is 3.78. The van der Waals surface area contributed by atoms with Gasteiger partial charge in [-0.25, -0.2) is 0 Å². The van der Waals surface area contributed by atoms with Crippen LogP contribution in [0, 0.1) is 0 Å². The van der Waals surface area contributed by atoms with Crippen molar-refractivity contribution in [3.8, 4) is 0 Å². The highest BCUT2D eigenvalue weighted by Gasteiger charge is 2.41. The molecule has 0 heterocycles. The molecule has 0 amide bonds. The highest BCUT2D eigenvalue weighted by molar-refractivity contribution is 9.10. The standard InChI is InChI=1S/C9H6BrF6N/c10-6-2-1-5(8(11,12)13)4(3-17)7(6)9(14,15)16/h1-2H,3,17H2. The maximum Gasteiger partial charge on any atom is 0.417 e. The van der Waals surface area contributed by atoms with Crippen molar-refractivity contribution in [1.29, 1.82) is 0 Å². The Morgan fingerprint density at radius 2 is 1.53 bits per heavy atom. The molecule has 0 unspecified atom stereocenters. The van der Waals surface area contributed by atoms with Crippen LogP contribution >= 0.6 is 15.9 Å². The third kappa shape index (κ3) is 2.92. The van der Waals surface area contributed by atoms with Crippen molar-refractivity contribution in [3.63, 3.8) is 0 Å². The van der Waals surface area contributed by atoms with E-state index in [-0.39, 0.29) is 0 Å². The van der Waals surface area contributed by atoms with E-state index in [1.165, 1.54) is 0 Å². The van der Waals surface area contributed by atoms with Crippen LogP contribution in [0.4, 0.5) is 26.3 Å². The van der Waals surface area contributed by atoms with Gasteiger partial charge in [-0.1, -0.05) is 15.9 Å². The molecule has 96 valence electrons. The van der Waals surface area contributed by atoms with Gasteiger partial charge in [-0.15, -0.1) is 0 Å². The monoisotopic (exact) mass is 321 g/mol. The summed E-state index contributed by atoms with van der Waals surface area (Å²) in [5.41, 5.74) is 1.29. The van der Waals surface area contributed by atoms with Crippen LogP contribution in [0.3, 0.4) is 0 Å². The highest BCUT2D eigenvalue weighted by atomic mass is 79.9. The SMILES string of the molecule is NCc1c(C(F)(F)F)ccc(Br)c1C(F)(F)F.